The second-order valence-corrected chi connectivity index (χ2v) is 6.82. The smallest absolute Gasteiger partial charge is 0.254 e. The van der Waals surface area contributed by atoms with Crippen LogP contribution in [0.2, 0.25) is 0 Å². The summed E-state index contributed by atoms with van der Waals surface area (Å²) in [6, 6.07) is 12.8. The van der Waals surface area contributed by atoms with Gasteiger partial charge in [-0.3, -0.25) is 4.79 Å². The fourth-order valence-electron chi connectivity index (χ4n) is 2.53. The quantitative estimate of drug-likeness (QED) is 0.799. The van der Waals surface area contributed by atoms with E-state index in [0.29, 0.717) is 11.0 Å². The molecular formula is C19H22BrFN2O. The highest BCUT2D eigenvalue weighted by Crippen LogP contribution is 2.19. The SMILES string of the molecule is CCc1ccc([C@@H](CNC(=O)c2ccc(Br)cc2F)N(C)C)cc1. The van der Waals surface area contributed by atoms with E-state index in [9.17, 15) is 9.18 Å². The van der Waals surface area contributed by atoms with Crippen LogP contribution >= 0.6 is 15.9 Å². The minimum atomic E-state index is -0.532. The van der Waals surface area contributed by atoms with E-state index in [1.807, 2.05) is 19.0 Å². The maximum Gasteiger partial charge on any atom is 0.254 e. The number of carbonyl (C=O) groups is 1. The van der Waals surface area contributed by atoms with Crippen LogP contribution < -0.4 is 5.32 Å². The molecular weight excluding hydrogens is 371 g/mol. The van der Waals surface area contributed by atoms with Crippen LogP contribution in [0.15, 0.2) is 46.9 Å². The van der Waals surface area contributed by atoms with Crippen LogP contribution in [-0.2, 0) is 6.42 Å². The average Bonchev–Trinajstić information content (AvgIpc) is 2.55. The molecule has 0 radical (unpaired) electrons. The standard InChI is InChI=1S/C19H22BrFN2O/c1-4-13-5-7-14(8-6-13)18(23(2)3)12-22-19(24)16-10-9-15(20)11-17(16)21/h5-11,18H,4,12H2,1-3H3,(H,22,24)/t18-/m1/s1. The highest BCUT2D eigenvalue weighted by Gasteiger charge is 2.17. The molecule has 0 heterocycles. The zero-order chi connectivity index (χ0) is 17.7. The first kappa shape index (κ1) is 18.6. The van der Waals surface area contributed by atoms with Crippen LogP contribution in [0.4, 0.5) is 4.39 Å². The van der Waals surface area contributed by atoms with E-state index in [4.69, 9.17) is 0 Å². The van der Waals surface area contributed by atoms with Crippen molar-refractivity contribution in [1.29, 1.82) is 0 Å². The van der Waals surface area contributed by atoms with Gasteiger partial charge in [-0.25, -0.2) is 4.39 Å². The summed E-state index contributed by atoms with van der Waals surface area (Å²) < 4.78 is 14.5. The van der Waals surface area contributed by atoms with Gasteiger partial charge >= 0.3 is 0 Å². The maximum absolute atomic E-state index is 13.9. The predicted molar refractivity (Wildman–Crippen MR) is 98.7 cm³/mol. The number of rotatable bonds is 6. The highest BCUT2D eigenvalue weighted by atomic mass is 79.9. The maximum atomic E-state index is 13.9. The first-order valence-corrected chi connectivity index (χ1v) is 8.70. The van der Waals surface area contributed by atoms with Gasteiger partial charge in [-0.05, 0) is 49.8 Å². The van der Waals surface area contributed by atoms with E-state index in [-0.39, 0.29) is 11.6 Å². The minimum absolute atomic E-state index is 0.0263. The monoisotopic (exact) mass is 392 g/mol. The van der Waals surface area contributed by atoms with Crippen LogP contribution in [0.5, 0.6) is 0 Å². The van der Waals surface area contributed by atoms with Crippen LogP contribution in [0.3, 0.4) is 0 Å². The molecule has 0 aliphatic heterocycles. The number of carbonyl (C=O) groups excluding carboxylic acids is 1. The van der Waals surface area contributed by atoms with Crippen molar-refractivity contribution in [2.45, 2.75) is 19.4 Å². The predicted octanol–water partition coefficient (Wildman–Crippen LogP) is 4.18. The molecule has 0 saturated heterocycles. The Balaban J connectivity index is 2.09. The zero-order valence-corrected chi connectivity index (χ0v) is 15.7. The van der Waals surface area contributed by atoms with Crippen LogP contribution in [0.25, 0.3) is 0 Å². The number of halogens is 2. The van der Waals surface area contributed by atoms with Crippen LogP contribution in [-0.4, -0.2) is 31.4 Å². The van der Waals surface area contributed by atoms with E-state index in [2.05, 4.69) is 52.4 Å². The third-order valence-electron chi connectivity index (χ3n) is 4.03. The second-order valence-electron chi connectivity index (χ2n) is 5.91. The number of aryl methyl sites for hydroxylation is 1. The molecule has 1 amide bonds. The van der Waals surface area contributed by atoms with E-state index in [1.54, 1.807) is 6.07 Å². The van der Waals surface area contributed by atoms with Crippen molar-refractivity contribution in [3.63, 3.8) is 0 Å². The molecule has 0 spiro atoms. The van der Waals surface area contributed by atoms with Crippen molar-refractivity contribution in [3.8, 4) is 0 Å². The third kappa shape index (κ3) is 4.65. The van der Waals surface area contributed by atoms with E-state index >= 15 is 0 Å². The number of benzene rings is 2. The Morgan fingerprint density at radius 2 is 1.88 bits per heavy atom. The van der Waals surface area contributed by atoms with Gasteiger partial charge in [0.2, 0.25) is 0 Å². The number of nitrogens with zero attached hydrogens (tertiary/aromatic N) is 1. The van der Waals surface area contributed by atoms with Crippen LogP contribution in [0.1, 0.15) is 34.5 Å². The third-order valence-corrected chi connectivity index (χ3v) is 4.52. The Labute approximate surface area is 151 Å². The molecule has 0 aliphatic carbocycles. The molecule has 0 aromatic heterocycles. The molecule has 128 valence electrons. The molecule has 2 aromatic rings. The van der Waals surface area contributed by atoms with Gasteiger partial charge in [-0.15, -0.1) is 0 Å². The van der Waals surface area contributed by atoms with Crippen LogP contribution in [0, 0.1) is 5.82 Å². The molecule has 1 atom stereocenters. The van der Waals surface area contributed by atoms with Gasteiger partial charge in [0.25, 0.3) is 5.91 Å². The molecule has 1 N–H and O–H groups in total. The Kier molecular flexibility index (Phi) is 6.52. The number of nitrogens with one attached hydrogen (secondary N) is 1. The second kappa shape index (κ2) is 8.40. The number of likely N-dealkylation sites (N-methyl/N-ethyl adjacent to an activating group) is 1. The molecule has 2 aromatic carbocycles. The first-order chi connectivity index (χ1) is 11.4. The molecule has 24 heavy (non-hydrogen) atoms. The Morgan fingerprint density at radius 3 is 2.42 bits per heavy atom. The summed E-state index contributed by atoms with van der Waals surface area (Å²) in [7, 11) is 3.93. The number of hydrogen-bond donors (Lipinski definition) is 1. The summed E-state index contributed by atoms with van der Waals surface area (Å²) in [5.41, 5.74) is 2.45. The lowest BCUT2D eigenvalue weighted by Crippen LogP contribution is -2.34. The lowest BCUT2D eigenvalue weighted by Gasteiger charge is -2.25. The summed E-state index contributed by atoms with van der Waals surface area (Å²) in [4.78, 5) is 14.3. The van der Waals surface area contributed by atoms with Gasteiger partial charge < -0.3 is 10.2 Å². The molecule has 5 heteroatoms. The zero-order valence-electron chi connectivity index (χ0n) is 14.1. The van der Waals surface area contributed by atoms with Crippen molar-refractivity contribution in [3.05, 3.63) is 69.4 Å². The summed E-state index contributed by atoms with van der Waals surface area (Å²) >= 11 is 3.19. The summed E-state index contributed by atoms with van der Waals surface area (Å²) in [5.74, 6) is -0.937. The lowest BCUT2D eigenvalue weighted by molar-refractivity contribution is 0.0938. The molecule has 0 bridgehead atoms. The van der Waals surface area contributed by atoms with Crippen molar-refractivity contribution in [2.24, 2.45) is 0 Å². The topological polar surface area (TPSA) is 32.3 Å². The lowest BCUT2D eigenvalue weighted by atomic mass is 10.0. The normalized spacial score (nSPS) is 12.2. The molecule has 2 rings (SSSR count). The highest BCUT2D eigenvalue weighted by molar-refractivity contribution is 9.10. The van der Waals surface area contributed by atoms with Gasteiger partial charge in [-0.1, -0.05) is 47.1 Å². The van der Waals surface area contributed by atoms with Crippen molar-refractivity contribution < 1.29 is 9.18 Å². The summed E-state index contributed by atoms with van der Waals surface area (Å²) in [6.45, 7) is 2.53. The van der Waals surface area contributed by atoms with Crippen molar-refractivity contribution in [2.75, 3.05) is 20.6 Å². The fraction of sp³-hybridized carbons (Fsp3) is 0.316. The van der Waals surface area contributed by atoms with Gasteiger partial charge in [-0.2, -0.15) is 0 Å². The molecule has 0 fully saturated rings. The average molecular weight is 393 g/mol. The Bertz CT molecular complexity index is 701. The molecule has 3 nitrogen and oxygen atoms in total. The van der Waals surface area contributed by atoms with E-state index in [0.717, 1.165) is 12.0 Å². The minimum Gasteiger partial charge on any atom is -0.350 e. The Morgan fingerprint density at radius 1 is 1.21 bits per heavy atom. The fourth-order valence-corrected chi connectivity index (χ4v) is 2.87. The van der Waals surface area contributed by atoms with Gasteiger partial charge in [0.05, 0.1) is 11.6 Å². The molecule has 0 aliphatic rings. The van der Waals surface area contributed by atoms with E-state index in [1.165, 1.54) is 17.7 Å². The molecule has 0 saturated carbocycles. The first-order valence-electron chi connectivity index (χ1n) is 7.91. The van der Waals surface area contributed by atoms with Gasteiger partial charge in [0, 0.05) is 11.0 Å². The summed E-state index contributed by atoms with van der Waals surface area (Å²) in [6.07, 6.45) is 0.993. The summed E-state index contributed by atoms with van der Waals surface area (Å²) in [5, 5.41) is 2.83. The molecule has 0 unspecified atom stereocenters. The Hall–Kier alpha value is -1.72. The van der Waals surface area contributed by atoms with Crippen molar-refractivity contribution in [1.82, 2.24) is 10.2 Å². The number of hydrogen-bond acceptors (Lipinski definition) is 2. The van der Waals surface area contributed by atoms with Gasteiger partial charge in [0.1, 0.15) is 5.82 Å². The van der Waals surface area contributed by atoms with Gasteiger partial charge in [0.15, 0.2) is 0 Å². The van der Waals surface area contributed by atoms with Crippen molar-refractivity contribution >= 4 is 21.8 Å². The number of amides is 1. The largest absolute Gasteiger partial charge is 0.350 e. The van der Waals surface area contributed by atoms with E-state index < -0.39 is 11.7 Å².